The molecule has 0 bridgehead atoms. The van der Waals surface area contributed by atoms with Gasteiger partial charge in [-0.15, -0.1) is 0 Å². The van der Waals surface area contributed by atoms with Crippen molar-refractivity contribution < 1.29 is 19.5 Å². The number of halogens is 1. The highest BCUT2D eigenvalue weighted by Gasteiger charge is 2.13. The van der Waals surface area contributed by atoms with Crippen LogP contribution in [0, 0.1) is 5.82 Å². The van der Waals surface area contributed by atoms with Crippen LogP contribution < -0.4 is 0 Å². The summed E-state index contributed by atoms with van der Waals surface area (Å²) in [5.74, 6) is -1.79. The van der Waals surface area contributed by atoms with Gasteiger partial charge in [-0.25, -0.2) is 9.18 Å². The highest BCUT2D eigenvalue weighted by atomic mass is 19.1. The zero-order valence-corrected chi connectivity index (χ0v) is 6.94. The summed E-state index contributed by atoms with van der Waals surface area (Å²) >= 11 is 0. The van der Waals surface area contributed by atoms with Crippen LogP contribution in [0.25, 0.3) is 10.9 Å². The van der Waals surface area contributed by atoms with Crippen LogP contribution in [-0.2, 0) is 0 Å². The van der Waals surface area contributed by atoms with Gasteiger partial charge in [-0.05, 0) is 18.2 Å². The predicted molar refractivity (Wildman–Crippen MR) is 46.0 cm³/mol. The third-order valence-electron chi connectivity index (χ3n) is 1.96. The van der Waals surface area contributed by atoms with Gasteiger partial charge in [0.25, 0.3) is 0 Å². The summed E-state index contributed by atoms with van der Waals surface area (Å²) in [6.07, 6.45) is 0. The molecular formula is C9H6FNO3. The van der Waals surface area contributed by atoms with Crippen LogP contribution in [0.4, 0.5) is 4.39 Å². The number of aromatic nitrogens is 1. The predicted octanol–water partition coefficient (Wildman–Crippen LogP) is 1.72. The Morgan fingerprint density at radius 2 is 2.07 bits per heavy atom. The van der Waals surface area contributed by atoms with Crippen LogP contribution in [0.1, 0.15) is 10.5 Å². The number of carbonyl (C=O) groups is 1. The Hall–Kier alpha value is -2.04. The van der Waals surface area contributed by atoms with Crippen LogP contribution in [0.15, 0.2) is 24.3 Å². The fourth-order valence-electron chi connectivity index (χ4n) is 1.31. The van der Waals surface area contributed by atoms with E-state index in [0.717, 1.165) is 6.07 Å². The van der Waals surface area contributed by atoms with Gasteiger partial charge in [-0.3, -0.25) is 0 Å². The maximum atomic E-state index is 12.8. The first kappa shape index (κ1) is 8.55. The zero-order valence-electron chi connectivity index (χ0n) is 6.94. The maximum absolute atomic E-state index is 12.8. The second kappa shape index (κ2) is 2.73. The lowest BCUT2D eigenvalue weighted by atomic mass is 10.2. The standard InChI is InChI=1S/C9H6FNO3/c10-6-2-1-5-3-8(9(12)13)11(14)7(5)4-6/h1-4,14H,(H,12,13). The molecule has 0 aliphatic heterocycles. The van der Waals surface area contributed by atoms with E-state index in [-0.39, 0.29) is 11.2 Å². The molecule has 0 aliphatic rings. The van der Waals surface area contributed by atoms with Crippen LogP contribution in [0.5, 0.6) is 0 Å². The number of rotatable bonds is 1. The van der Waals surface area contributed by atoms with Gasteiger partial charge < -0.3 is 10.3 Å². The second-order valence-electron chi connectivity index (χ2n) is 2.85. The molecule has 0 atom stereocenters. The molecule has 4 nitrogen and oxygen atoms in total. The summed E-state index contributed by atoms with van der Waals surface area (Å²) in [6.45, 7) is 0. The van der Waals surface area contributed by atoms with Crippen molar-refractivity contribution in [3.63, 3.8) is 0 Å². The lowest BCUT2D eigenvalue weighted by Crippen LogP contribution is -2.04. The molecule has 14 heavy (non-hydrogen) atoms. The first-order chi connectivity index (χ1) is 6.59. The van der Waals surface area contributed by atoms with E-state index in [1.54, 1.807) is 0 Å². The Labute approximate surface area is 77.8 Å². The van der Waals surface area contributed by atoms with Gasteiger partial charge in [0.15, 0.2) is 5.69 Å². The van der Waals surface area contributed by atoms with Crippen molar-refractivity contribution in [2.75, 3.05) is 0 Å². The van der Waals surface area contributed by atoms with Crippen molar-refractivity contribution >= 4 is 16.9 Å². The van der Waals surface area contributed by atoms with Crippen molar-refractivity contribution in [3.8, 4) is 0 Å². The van der Waals surface area contributed by atoms with Crippen molar-refractivity contribution in [2.24, 2.45) is 0 Å². The fraction of sp³-hybridized carbons (Fsp3) is 0. The summed E-state index contributed by atoms with van der Waals surface area (Å²) in [5, 5.41) is 18.5. The number of carboxylic acids is 1. The lowest BCUT2D eigenvalue weighted by Gasteiger charge is -1.96. The summed E-state index contributed by atoms with van der Waals surface area (Å²) in [6, 6.07) is 4.96. The van der Waals surface area contributed by atoms with Gasteiger partial charge in [0.05, 0.1) is 5.52 Å². The number of carboxylic acid groups (broad SMARTS) is 1. The molecule has 0 aliphatic carbocycles. The van der Waals surface area contributed by atoms with Gasteiger partial charge in [0, 0.05) is 11.5 Å². The minimum atomic E-state index is -1.26. The molecule has 1 aromatic carbocycles. The minimum absolute atomic E-state index is 0.141. The minimum Gasteiger partial charge on any atom is -0.476 e. The lowest BCUT2D eigenvalue weighted by molar-refractivity contribution is 0.0649. The van der Waals surface area contributed by atoms with E-state index in [4.69, 9.17) is 5.11 Å². The molecule has 0 amide bonds. The van der Waals surface area contributed by atoms with E-state index in [1.165, 1.54) is 18.2 Å². The van der Waals surface area contributed by atoms with E-state index < -0.39 is 11.8 Å². The summed E-state index contributed by atoms with van der Waals surface area (Å²) < 4.78 is 13.2. The maximum Gasteiger partial charge on any atom is 0.356 e. The molecule has 0 saturated heterocycles. The van der Waals surface area contributed by atoms with E-state index in [0.29, 0.717) is 10.1 Å². The topological polar surface area (TPSA) is 62.5 Å². The largest absolute Gasteiger partial charge is 0.476 e. The monoisotopic (exact) mass is 195 g/mol. The molecular weight excluding hydrogens is 189 g/mol. The Morgan fingerprint density at radius 1 is 1.36 bits per heavy atom. The van der Waals surface area contributed by atoms with E-state index in [9.17, 15) is 14.4 Å². The SMILES string of the molecule is O=C(O)c1cc2ccc(F)cc2n1O. The van der Waals surface area contributed by atoms with Crippen LogP contribution in [-0.4, -0.2) is 21.0 Å². The third-order valence-corrected chi connectivity index (χ3v) is 1.96. The van der Waals surface area contributed by atoms with Gasteiger partial charge in [0.1, 0.15) is 5.82 Å². The molecule has 2 aromatic rings. The molecule has 2 N–H and O–H groups in total. The number of fused-ring (bicyclic) bond motifs is 1. The molecule has 0 radical (unpaired) electrons. The molecule has 0 unspecified atom stereocenters. The van der Waals surface area contributed by atoms with Crippen LogP contribution >= 0.6 is 0 Å². The van der Waals surface area contributed by atoms with Crippen molar-refractivity contribution in [3.05, 3.63) is 35.8 Å². The van der Waals surface area contributed by atoms with Crippen molar-refractivity contribution in [2.45, 2.75) is 0 Å². The molecule has 0 fully saturated rings. The molecule has 1 aromatic heterocycles. The van der Waals surface area contributed by atoms with E-state index in [2.05, 4.69) is 0 Å². The highest BCUT2D eigenvalue weighted by Crippen LogP contribution is 2.19. The Morgan fingerprint density at radius 3 is 2.71 bits per heavy atom. The summed E-state index contributed by atoms with van der Waals surface area (Å²) in [7, 11) is 0. The number of nitrogens with zero attached hydrogens (tertiary/aromatic N) is 1. The number of benzene rings is 1. The number of hydrogen-bond donors (Lipinski definition) is 2. The average molecular weight is 195 g/mol. The first-order valence-electron chi connectivity index (χ1n) is 3.83. The Bertz CT molecular complexity index is 518. The van der Waals surface area contributed by atoms with Gasteiger partial charge in [-0.1, -0.05) is 0 Å². The van der Waals surface area contributed by atoms with Crippen molar-refractivity contribution in [1.82, 2.24) is 4.73 Å². The van der Waals surface area contributed by atoms with Gasteiger partial charge in [-0.2, -0.15) is 4.73 Å². The third kappa shape index (κ3) is 1.10. The van der Waals surface area contributed by atoms with Gasteiger partial charge >= 0.3 is 5.97 Å². The summed E-state index contributed by atoms with van der Waals surface area (Å²) in [4.78, 5) is 10.6. The quantitative estimate of drug-likeness (QED) is 0.681. The molecule has 2 rings (SSSR count). The second-order valence-corrected chi connectivity index (χ2v) is 2.85. The summed E-state index contributed by atoms with van der Waals surface area (Å²) in [5.41, 5.74) is -0.145. The van der Waals surface area contributed by atoms with E-state index >= 15 is 0 Å². The molecule has 0 saturated carbocycles. The Balaban J connectivity index is 2.80. The fourth-order valence-corrected chi connectivity index (χ4v) is 1.31. The number of hydrogen-bond acceptors (Lipinski definition) is 2. The van der Waals surface area contributed by atoms with Gasteiger partial charge in [0.2, 0.25) is 0 Å². The molecule has 5 heteroatoms. The average Bonchev–Trinajstić information content (AvgIpc) is 2.44. The smallest absolute Gasteiger partial charge is 0.356 e. The molecule has 0 spiro atoms. The zero-order chi connectivity index (χ0) is 10.3. The van der Waals surface area contributed by atoms with Crippen LogP contribution in [0.2, 0.25) is 0 Å². The highest BCUT2D eigenvalue weighted by molar-refractivity contribution is 5.94. The van der Waals surface area contributed by atoms with E-state index in [1.807, 2.05) is 0 Å². The molecule has 72 valence electrons. The number of aromatic carboxylic acids is 1. The molecule has 1 heterocycles. The first-order valence-corrected chi connectivity index (χ1v) is 3.83. The normalized spacial score (nSPS) is 10.6. The Kier molecular flexibility index (Phi) is 1.67. The van der Waals surface area contributed by atoms with Crippen molar-refractivity contribution in [1.29, 1.82) is 0 Å². The van der Waals surface area contributed by atoms with Crippen LogP contribution in [0.3, 0.4) is 0 Å².